The molecule has 4 heterocycles. The Bertz CT molecular complexity index is 1640. The number of nitrogens with two attached hydrogens (primary N) is 1. The number of halogens is 2. The van der Waals surface area contributed by atoms with Gasteiger partial charge in [0.25, 0.3) is 5.56 Å². The molecule has 1 saturated heterocycles. The van der Waals surface area contributed by atoms with Crippen LogP contribution in [0.25, 0.3) is 33.6 Å². The standard InChI is InChI=1S/C30H32N6O3.2ClH/c1-34-28(24-10-4-21(17-31)5-11-24)26-27(33-34)29(37)36(20-32-26)19-30(38)12-14-35(15-13-30)18-22-6-8-23(9-7-22)25-3-2-16-39-25;;/h2-11,16,20,38H,12-15,17-19,31H2,1H3;2*1H. The number of rotatable bonds is 7. The molecule has 0 aliphatic carbocycles. The summed E-state index contributed by atoms with van der Waals surface area (Å²) >= 11 is 0. The van der Waals surface area contributed by atoms with Gasteiger partial charge in [0.1, 0.15) is 11.3 Å². The van der Waals surface area contributed by atoms with E-state index in [1.807, 2.05) is 43.4 Å². The fourth-order valence-electron chi connectivity index (χ4n) is 5.41. The lowest BCUT2D eigenvalue weighted by Gasteiger charge is -2.38. The van der Waals surface area contributed by atoms with E-state index in [0.29, 0.717) is 30.4 Å². The zero-order valence-electron chi connectivity index (χ0n) is 22.8. The summed E-state index contributed by atoms with van der Waals surface area (Å²) in [6.45, 7) is 2.96. The summed E-state index contributed by atoms with van der Waals surface area (Å²) < 4.78 is 8.66. The molecule has 5 aromatic rings. The van der Waals surface area contributed by atoms with Crippen molar-refractivity contribution in [3.05, 3.63) is 94.7 Å². The van der Waals surface area contributed by atoms with E-state index < -0.39 is 5.60 Å². The second-order valence-corrected chi connectivity index (χ2v) is 10.4. The predicted octanol–water partition coefficient (Wildman–Crippen LogP) is 4.39. The molecular formula is C30H34Cl2N6O3. The summed E-state index contributed by atoms with van der Waals surface area (Å²) in [6.07, 6.45) is 4.36. The smallest absolute Gasteiger partial charge is 0.281 e. The summed E-state index contributed by atoms with van der Waals surface area (Å²) in [4.78, 5) is 20.3. The Morgan fingerprint density at radius 3 is 2.24 bits per heavy atom. The fraction of sp³-hybridized carbons (Fsp3) is 0.300. The number of hydrogen-bond acceptors (Lipinski definition) is 7. The van der Waals surface area contributed by atoms with E-state index in [0.717, 1.165) is 47.8 Å². The Hall–Kier alpha value is -3.47. The Balaban J connectivity index is 0.00000194. The molecule has 41 heavy (non-hydrogen) atoms. The molecule has 1 fully saturated rings. The van der Waals surface area contributed by atoms with Crippen molar-refractivity contribution in [3.63, 3.8) is 0 Å². The van der Waals surface area contributed by atoms with Crippen LogP contribution in [0.4, 0.5) is 0 Å². The Morgan fingerprint density at radius 2 is 1.61 bits per heavy atom. The van der Waals surface area contributed by atoms with Gasteiger partial charge in [0.2, 0.25) is 0 Å². The number of aliphatic hydroxyl groups is 1. The third-order valence-electron chi connectivity index (χ3n) is 7.69. The van der Waals surface area contributed by atoms with Crippen LogP contribution in [-0.4, -0.2) is 48.0 Å². The highest BCUT2D eigenvalue weighted by Gasteiger charge is 2.33. The average molecular weight is 598 g/mol. The van der Waals surface area contributed by atoms with Gasteiger partial charge in [-0.05, 0) is 36.1 Å². The summed E-state index contributed by atoms with van der Waals surface area (Å²) in [5.74, 6) is 0.857. The first kappa shape index (κ1) is 30.5. The molecule has 0 atom stereocenters. The lowest BCUT2D eigenvalue weighted by atomic mass is 9.91. The van der Waals surface area contributed by atoms with E-state index in [2.05, 4.69) is 39.2 Å². The highest BCUT2D eigenvalue weighted by molar-refractivity contribution is 5.89. The summed E-state index contributed by atoms with van der Waals surface area (Å²) in [5, 5.41) is 15.9. The third-order valence-corrected chi connectivity index (χ3v) is 7.69. The predicted molar refractivity (Wildman–Crippen MR) is 164 cm³/mol. The molecule has 0 bridgehead atoms. The van der Waals surface area contributed by atoms with Crippen LogP contribution in [-0.2, 0) is 26.7 Å². The minimum absolute atomic E-state index is 0. The number of hydrogen-bond donors (Lipinski definition) is 2. The molecular weight excluding hydrogens is 563 g/mol. The number of likely N-dealkylation sites (tertiary alicyclic amines) is 1. The third kappa shape index (κ3) is 6.24. The quantitative estimate of drug-likeness (QED) is 0.286. The lowest BCUT2D eigenvalue weighted by molar-refractivity contribution is -0.0364. The van der Waals surface area contributed by atoms with Crippen molar-refractivity contribution in [3.8, 4) is 22.6 Å². The topological polar surface area (TPSA) is 115 Å². The number of fused-ring (bicyclic) bond motifs is 1. The number of benzene rings is 2. The maximum atomic E-state index is 13.4. The summed E-state index contributed by atoms with van der Waals surface area (Å²) in [6, 6.07) is 20.1. The summed E-state index contributed by atoms with van der Waals surface area (Å²) in [5.41, 5.74) is 10.4. The minimum Gasteiger partial charge on any atom is -0.464 e. The van der Waals surface area contributed by atoms with Crippen molar-refractivity contribution < 1.29 is 9.52 Å². The van der Waals surface area contributed by atoms with Gasteiger partial charge in [0.05, 0.1) is 30.4 Å². The van der Waals surface area contributed by atoms with Gasteiger partial charge in [-0.25, -0.2) is 4.98 Å². The van der Waals surface area contributed by atoms with Gasteiger partial charge in [-0.15, -0.1) is 24.8 Å². The van der Waals surface area contributed by atoms with Crippen LogP contribution in [0.5, 0.6) is 0 Å². The van der Waals surface area contributed by atoms with E-state index in [-0.39, 0.29) is 36.9 Å². The van der Waals surface area contributed by atoms with Crippen molar-refractivity contribution in [1.29, 1.82) is 0 Å². The van der Waals surface area contributed by atoms with E-state index in [1.54, 1.807) is 10.9 Å². The SMILES string of the molecule is Cl.Cl.Cn1nc2c(=O)n(CC3(O)CCN(Cc4ccc(-c5ccco5)cc4)CC3)cnc2c1-c1ccc(CN)cc1. The van der Waals surface area contributed by atoms with Crippen LogP contribution < -0.4 is 11.3 Å². The molecule has 216 valence electrons. The highest BCUT2D eigenvalue weighted by atomic mass is 35.5. The van der Waals surface area contributed by atoms with E-state index in [1.165, 1.54) is 16.5 Å². The van der Waals surface area contributed by atoms with Gasteiger partial charge >= 0.3 is 0 Å². The van der Waals surface area contributed by atoms with Gasteiger partial charge in [-0.3, -0.25) is 18.9 Å². The number of aryl methyl sites for hydroxylation is 1. The Kier molecular flexibility index (Phi) is 9.36. The van der Waals surface area contributed by atoms with Gasteiger partial charge in [0, 0.05) is 44.4 Å². The highest BCUT2D eigenvalue weighted by Crippen LogP contribution is 2.28. The molecule has 1 aliphatic rings. The van der Waals surface area contributed by atoms with Gasteiger partial charge < -0.3 is 15.3 Å². The molecule has 11 heteroatoms. The molecule has 2 aromatic carbocycles. The van der Waals surface area contributed by atoms with Crippen LogP contribution in [0.15, 0.2) is 82.5 Å². The van der Waals surface area contributed by atoms with Crippen molar-refractivity contribution in [2.24, 2.45) is 12.8 Å². The van der Waals surface area contributed by atoms with E-state index >= 15 is 0 Å². The second kappa shape index (κ2) is 12.6. The van der Waals surface area contributed by atoms with Crippen LogP contribution >= 0.6 is 24.8 Å². The van der Waals surface area contributed by atoms with Crippen LogP contribution in [0.3, 0.4) is 0 Å². The first-order valence-corrected chi connectivity index (χ1v) is 13.2. The van der Waals surface area contributed by atoms with Crippen molar-refractivity contribution in [2.45, 2.75) is 38.1 Å². The van der Waals surface area contributed by atoms with Crippen molar-refractivity contribution in [1.82, 2.24) is 24.2 Å². The number of piperidine rings is 1. The van der Waals surface area contributed by atoms with Gasteiger partial charge in [-0.1, -0.05) is 48.5 Å². The molecule has 9 nitrogen and oxygen atoms in total. The second-order valence-electron chi connectivity index (χ2n) is 10.4. The maximum absolute atomic E-state index is 13.4. The zero-order chi connectivity index (χ0) is 27.0. The first-order valence-electron chi connectivity index (χ1n) is 13.2. The number of furan rings is 1. The molecule has 6 rings (SSSR count). The van der Waals surface area contributed by atoms with Crippen molar-refractivity contribution >= 4 is 35.8 Å². The zero-order valence-corrected chi connectivity index (χ0v) is 24.4. The molecule has 3 aromatic heterocycles. The normalized spacial score (nSPS) is 14.9. The lowest BCUT2D eigenvalue weighted by Crippen LogP contribution is -2.47. The molecule has 0 unspecified atom stereocenters. The molecule has 0 saturated carbocycles. The fourth-order valence-corrected chi connectivity index (χ4v) is 5.41. The van der Waals surface area contributed by atoms with E-state index in [4.69, 9.17) is 10.2 Å². The number of nitrogens with zero attached hydrogens (tertiary/aromatic N) is 5. The van der Waals surface area contributed by atoms with Crippen LogP contribution in [0.1, 0.15) is 24.0 Å². The number of aromatic nitrogens is 4. The van der Waals surface area contributed by atoms with Gasteiger partial charge in [-0.2, -0.15) is 5.10 Å². The monoisotopic (exact) mass is 596 g/mol. The van der Waals surface area contributed by atoms with Crippen LogP contribution in [0, 0.1) is 0 Å². The first-order chi connectivity index (χ1) is 18.9. The summed E-state index contributed by atoms with van der Waals surface area (Å²) in [7, 11) is 1.81. The molecule has 0 spiro atoms. The average Bonchev–Trinajstić information content (AvgIpc) is 3.61. The molecule has 0 amide bonds. The maximum Gasteiger partial charge on any atom is 0.281 e. The minimum atomic E-state index is -0.978. The molecule has 1 aliphatic heterocycles. The Labute approximate surface area is 250 Å². The van der Waals surface area contributed by atoms with Crippen LogP contribution in [0.2, 0.25) is 0 Å². The Morgan fingerprint density at radius 1 is 0.951 bits per heavy atom. The molecule has 3 N–H and O–H groups in total. The molecule has 0 radical (unpaired) electrons. The van der Waals surface area contributed by atoms with Gasteiger partial charge in [0.15, 0.2) is 5.52 Å². The van der Waals surface area contributed by atoms with Crippen molar-refractivity contribution in [2.75, 3.05) is 13.1 Å². The largest absolute Gasteiger partial charge is 0.464 e. The van der Waals surface area contributed by atoms with E-state index in [9.17, 15) is 9.90 Å².